The molecule has 0 N–H and O–H groups in total. The van der Waals surface area contributed by atoms with Gasteiger partial charge < -0.3 is 4.42 Å². The highest BCUT2D eigenvalue weighted by atomic mass is 79.9. The fourth-order valence-electron chi connectivity index (χ4n) is 3.68. The molecule has 0 spiro atoms. The zero-order valence-corrected chi connectivity index (χ0v) is 19.8. The van der Waals surface area contributed by atoms with E-state index in [9.17, 15) is 19.7 Å². The van der Waals surface area contributed by atoms with Gasteiger partial charge in [-0.15, -0.1) is 0 Å². The molecule has 0 radical (unpaired) electrons. The van der Waals surface area contributed by atoms with Crippen molar-refractivity contribution in [1.29, 1.82) is 0 Å². The summed E-state index contributed by atoms with van der Waals surface area (Å²) in [5.74, 6) is 0.498. The van der Waals surface area contributed by atoms with E-state index in [0.717, 1.165) is 28.1 Å². The van der Waals surface area contributed by atoms with Crippen molar-refractivity contribution in [2.45, 2.75) is 6.54 Å². The van der Waals surface area contributed by atoms with Gasteiger partial charge in [-0.1, -0.05) is 36.4 Å². The number of halogens is 1. The van der Waals surface area contributed by atoms with Gasteiger partial charge >= 0.3 is 0 Å². The number of non-ortho nitro benzene ring substituents is 1. The van der Waals surface area contributed by atoms with Crippen molar-refractivity contribution in [1.82, 2.24) is 4.90 Å². The predicted molar refractivity (Wildman–Crippen MR) is 134 cm³/mol. The Labute approximate surface area is 206 Å². The molecule has 2 heterocycles. The standard InChI is InChI=1S/C25H15BrN2O5S/c26-21-12-18(28(31)32)7-9-20(21)22-10-8-19(33-22)13-23-24(29)27(25(30)34-23)14-15-5-6-16-3-1-2-4-17(16)11-15/h1-13H,14H2/b23-13-. The molecule has 2 amide bonds. The summed E-state index contributed by atoms with van der Waals surface area (Å²) in [7, 11) is 0. The maximum absolute atomic E-state index is 12.9. The Hall–Kier alpha value is -3.69. The van der Waals surface area contributed by atoms with Crippen LogP contribution < -0.4 is 0 Å². The third-order valence-corrected chi connectivity index (χ3v) is 6.92. The number of imide groups is 1. The Morgan fingerprint density at radius 3 is 2.56 bits per heavy atom. The highest BCUT2D eigenvalue weighted by Gasteiger charge is 2.35. The van der Waals surface area contributed by atoms with Gasteiger partial charge in [-0.2, -0.15) is 0 Å². The minimum absolute atomic E-state index is 0.0394. The molecular weight excluding hydrogens is 520 g/mol. The Kier molecular flexibility index (Phi) is 5.80. The first-order valence-corrected chi connectivity index (χ1v) is 11.8. The van der Waals surface area contributed by atoms with Crippen molar-refractivity contribution in [3.05, 3.63) is 104 Å². The average molecular weight is 535 g/mol. The van der Waals surface area contributed by atoms with E-state index in [1.54, 1.807) is 18.2 Å². The van der Waals surface area contributed by atoms with E-state index in [4.69, 9.17) is 4.42 Å². The van der Waals surface area contributed by atoms with Crippen LogP contribution in [0.4, 0.5) is 10.5 Å². The van der Waals surface area contributed by atoms with Crippen LogP contribution >= 0.6 is 27.7 Å². The van der Waals surface area contributed by atoms with Crippen molar-refractivity contribution in [3.63, 3.8) is 0 Å². The topological polar surface area (TPSA) is 93.7 Å². The number of carbonyl (C=O) groups excluding carboxylic acids is 2. The lowest BCUT2D eigenvalue weighted by atomic mass is 10.1. The quantitative estimate of drug-likeness (QED) is 0.155. The Bertz CT molecular complexity index is 1510. The maximum atomic E-state index is 12.9. The summed E-state index contributed by atoms with van der Waals surface area (Å²) in [5.41, 5.74) is 1.46. The van der Waals surface area contributed by atoms with Crippen LogP contribution in [0.1, 0.15) is 11.3 Å². The molecular formula is C25H15BrN2O5S. The number of nitrogens with zero attached hydrogens (tertiary/aromatic N) is 2. The summed E-state index contributed by atoms with van der Waals surface area (Å²) in [6, 6.07) is 21.5. The molecule has 5 rings (SSSR count). The number of rotatable bonds is 5. The van der Waals surface area contributed by atoms with Gasteiger partial charge in [0.1, 0.15) is 11.5 Å². The first-order chi connectivity index (χ1) is 16.4. The van der Waals surface area contributed by atoms with Gasteiger partial charge in [0.15, 0.2) is 0 Å². The van der Waals surface area contributed by atoms with Crippen molar-refractivity contribution in [3.8, 4) is 11.3 Å². The van der Waals surface area contributed by atoms with E-state index in [1.807, 2.05) is 42.5 Å². The number of nitro groups is 1. The summed E-state index contributed by atoms with van der Waals surface area (Å²) in [6.45, 7) is 0.186. The first kappa shape index (κ1) is 22.1. The normalized spacial score (nSPS) is 15.0. The second-order valence-corrected chi connectivity index (χ2v) is 9.42. The molecule has 4 aromatic rings. The van der Waals surface area contributed by atoms with Crippen LogP contribution in [-0.2, 0) is 11.3 Å². The summed E-state index contributed by atoms with van der Waals surface area (Å²) in [5, 5.41) is 12.7. The molecule has 0 bridgehead atoms. The Morgan fingerprint density at radius 2 is 1.79 bits per heavy atom. The van der Waals surface area contributed by atoms with Crippen molar-refractivity contribution >= 4 is 61.4 Å². The highest BCUT2D eigenvalue weighted by Crippen LogP contribution is 2.36. The third kappa shape index (κ3) is 4.27. The number of thioether (sulfide) groups is 1. The van der Waals surface area contributed by atoms with Gasteiger partial charge in [0.25, 0.3) is 16.8 Å². The first-order valence-electron chi connectivity index (χ1n) is 10.2. The van der Waals surface area contributed by atoms with E-state index in [1.165, 1.54) is 23.1 Å². The van der Waals surface area contributed by atoms with Crippen LogP contribution in [0.2, 0.25) is 0 Å². The summed E-state index contributed by atoms with van der Waals surface area (Å²) in [6.07, 6.45) is 1.54. The van der Waals surface area contributed by atoms with Crippen molar-refractivity contribution in [2.75, 3.05) is 0 Å². The molecule has 9 heteroatoms. The number of furan rings is 1. The predicted octanol–water partition coefficient (Wildman–Crippen LogP) is 7.01. The van der Waals surface area contributed by atoms with Gasteiger partial charge in [0.05, 0.1) is 16.4 Å². The molecule has 1 aromatic heterocycles. The van der Waals surface area contributed by atoms with E-state index in [-0.39, 0.29) is 28.3 Å². The molecule has 7 nitrogen and oxygen atoms in total. The Balaban J connectivity index is 1.36. The van der Waals surface area contributed by atoms with Crippen molar-refractivity contribution < 1.29 is 18.9 Å². The van der Waals surface area contributed by atoms with Crippen molar-refractivity contribution in [2.24, 2.45) is 0 Å². The molecule has 0 unspecified atom stereocenters. The van der Waals surface area contributed by atoms with E-state index in [2.05, 4.69) is 15.9 Å². The van der Waals surface area contributed by atoms with Gasteiger partial charge in [0, 0.05) is 28.2 Å². The lowest BCUT2D eigenvalue weighted by Crippen LogP contribution is -2.27. The second-order valence-electron chi connectivity index (χ2n) is 7.57. The number of hydrogen-bond donors (Lipinski definition) is 0. The lowest BCUT2D eigenvalue weighted by Gasteiger charge is -2.13. The summed E-state index contributed by atoms with van der Waals surface area (Å²) < 4.78 is 6.34. The minimum Gasteiger partial charge on any atom is -0.457 e. The largest absolute Gasteiger partial charge is 0.457 e. The molecule has 0 aliphatic carbocycles. The van der Waals surface area contributed by atoms with Crippen LogP contribution in [0.25, 0.3) is 28.2 Å². The lowest BCUT2D eigenvalue weighted by molar-refractivity contribution is -0.384. The molecule has 1 fully saturated rings. The number of carbonyl (C=O) groups is 2. The molecule has 1 aliphatic heterocycles. The SMILES string of the molecule is O=C1S/C(=C\c2ccc(-c3ccc([N+](=O)[O-])cc3Br)o2)C(=O)N1Cc1ccc2ccccc2c1. The number of hydrogen-bond acceptors (Lipinski definition) is 6. The maximum Gasteiger partial charge on any atom is 0.293 e. The number of fused-ring (bicyclic) bond motifs is 1. The number of nitro benzene ring substituents is 1. The third-order valence-electron chi connectivity index (χ3n) is 5.36. The molecule has 0 atom stereocenters. The zero-order valence-electron chi connectivity index (χ0n) is 17.4. The zero-order chi connectivity index (χ0) is 23.8. The van der Waals surface area contributed by atoms with Gasteiger partial charge in [0.2, 0.25) is 0 Å². The van der Waals surface area contributed by atoms with Crippen LogP contribution in [0, 0.1) is 10.1 Å². The van der Waals surface area contributed by atoms with Crippen LogP contribution in [0.3, 0.4) is 0 Å². The molecule has 1 saturated heterocycles. The van der Waals surface area contributed by atoms with Crippen LogP contribution in [0.15, 0.2) is 86.6 Å². The molecule has 34 heavy (non-hydrogen) atoms. The van der Waals surface area contributed by atoms with E-state index in [0.29, 0.717) is 21.6 Å². The van der Waals surface area contributed by atoms with E-state index < -0.39 is 4.92 Å². The minimum atomic E-state index is -0.476. The van der Waals surface area contributed by atoms with Crippen LogP contribution in [0.5, 0.6) is 0 Å². The smallest absolute Gasteiger partial charge is 0.293 e. The average Bonchev–Trinajstić information content (AvgIpc) is 3.39. The number of benzene rings is 3. The second kappa shape index (κ2) is 8.92. The molecule has 1 aliphatic rings. The van der Waals surface area contributed by atoms with Crippen LogP contribution in [-0.4, -0.2) is 21.0 Å². The Morgan fingerprint density at radius 1 is 1.00 bits per heavy atom. The summed E-state index contributed by atoms with van der Waals surface area (Å²) >= 11 is 4.20. The fourth-order valence-corrected chi connectivity index (χ4v) is 5.06. The van der Waals surface area contributed by atoms with Gasteiger partial charge in [-0.25, -0.2) is 0 Å². The fraction of sp³-hybridized carbons (Fsp3) is 0.0400. The number of amides is 2. The molecule has 0 saturated carbocycles. The molecule has 168 valence electrons. The monoisotopic (exact) mass is 534 g/mol. The highest BCUT2D eigenvalue weighted by molar-refractivity contribution is 9.10. The van der Waals surface area contributed by atoms with Gasteiger partial charge in [-0.05, 0) is 68.3 Å². The van der Waals surface area contributed by atoms with E-state index >= 15 is 0 Å². The molecule has 3 aromatic carbocycles. The van der Waals surface area contributed by atoms with Gasteiger partial charge in [-0.3, -0.25) is 24.6 Å². The summed E-state index contributed by atoms with van der Waals surface area (Å²) in [4.78, 5) is 37.4.